The number of aromatic nitrogens is 2. The summed E-state index contributed by atoms with van der Waals surface area (Å²) < 4.78 is 44.5. The van der Waals surface area contributed by atoms with Crippen LogP contribution in [0.2, 0.25) is 5.02 Å². The van der Waals surface area contributed by atoms with Crippen molar-refractivity contribution in [2.75, 3.05) is 10.6 Å². The number of thiocarbonyl (C=S) groups is 1. The van der Waals surface area contributed by atoms with Gasteiger partial charge in [0.05, 0.1) is 24.1 Å². The van der Waals surface area contributed by atoms with Crippen LogP contribution in [-0.4, -0.2) is 21.5 Å². The fourth-order valence-electron chi connectivity index (χ4n) is 2.55. The van der Waals surface area contributed by atoms with Gasteiger partial charge >= 0.3 is 6.61 Å². The predicted molar refractivity (Wildman–Crippen MR) is 110 cm³/mol. The molecule has 2 N–H and O–H groups in total. The summed E-state index contributed by atoms with van der Waals surface area (Å²) in [5.74, 6) is -0.421. The molecule has 0 aliphatic rings. The van der Waals surface area contributed by atoms with Crippen LogP contribution in [0.4, 0.5) is 24.5 Å². The monoisotopic (exact) mass is 440 g/mol. The fourth-order valence-corrected chi connectivity index (χ4v) is 3.00. The topological polar surface area (TPSA) is 51.1 Å². The number of rotatable bonds is 6. The second-order valence-electron chi connectivity index (χ2n) is 6.12. The lowest BCUT2D eigenvalue weighted by Crippen LogP contribution is -2.19. The molecule has 1 heterocycles. The molecule has 10 heteroatoms. The highest BCUT2D eigenvalue weighted by atomic mass is 35.5. The Hall–Kier alpha value is -2.78. The molecule has 152 valence electrons. The lowest BCUT2D eigenvalue weighted by molar-refractivity contribution is -0.0493. The van der Waals surface area contributed by atoms with E-state index in [4.69, 9.17) is 23.8 Å². The van der Waals surface area contributed by atoms with Crippen molar-refractivity contribution in [1.29, 1.82) is 0 Å². The summed E-state index contributed by atoms with van der Waals surface area (Å²) in [6.07, 6.45) is 3.22. The average molecular weight is 441 g/mol. The van der Waals surface area contributed by atoms with E-state index in [1.165, 1.54) is 24.4 Å². The number of ether oxygens (including phenoxy) is 1. The first-order valence-electron chi connectivity index (χ1n) is 8.40. The Morgan fingerprint density at radius 1 is 1.24 bits per heavy atom. The first-order chi connectivity index (χ1) is 13.8. The zero-order chi connectivity index (χ0) is 21.0. The highest BCUT2D eigenvalue weighted by Gasteiger charge is 2.12. The van der Waals surface area contributed by atoms with Crippen LogP contribution < -0.4 is 15.4 Å². The van der Waals surface area contributed by atoms with E-state index in [9.17, 15) is 13.2 Å². The molecule has 3 rings (SSSR count). The van der Waals surface area contributed by atoms with Crippen molar-refractivity contribution in [2.24, 2.45) is 0 Å². The quantitative estimate of drug-likeness (QED) is 0.500. The molecular formula is C19H16ClF3N4OS. The molecule has 0 fully saturated rings. The molecule has 29 heavy (non-hydrogen) atoms. The fraction of sp³-hybridized carbons (Fsp3) is 0.158. The summed E-state index contributed by atoms with van der Waals surface area (Å²) in [6, 6.07) is 8.97. The molecule has 0 unspecified atom stereocenters. The minimum atomic E-state index is -2.95. The van der Waals surface area contributed by atoms with Crippen molar-refractivity contribution < 1.29 is 17.9 Å². The predicted octanol–water partition coefficient (Wildman–Crippen LogP) is 5.44. The molecule has 0 saturated heterocycles. The molecule has 1 aromatic heterocycles. The van der Waals surface area contributed by atoms with Gasteiger partial charge in [0.15, 0.2) is 5.11 Å². The third-order valence-electron chi connectivity index (χ3n) is 3.84. The van der Waals surface area contributed by atoms with Gasteiger partial charge in [-0.05, 0) is 54.5 Å². The number of nitrogens with zero attached hydrogens (tertiary/aromatic N) is 2. The third kappa shape index (κ3) is 5.85. The maximum absolute atomic E-state index is 13.1. The molecule has 0 amide bonds. The largest absolute Gasteiger partial charge is 0.433 e. The van der Waals surface area contributed by atoms with Crippen LogP contribution in [-0.2, 0) is 6.54 Å². The number of anilines is 2. The Morgan fingerprint density at radius 2 is 2.03 bits per heavy atom. The molecular weight excluding hydrogens is 425 g/mol. The van der Waals surface area contributed by atoms with E-state index < -0.39 is 12.4 Å². The molecule has 0 spiro atoms. The summed E-state index contributed by atoms with van der Waals surface area (Å²) in [7, 11) is 0. The Kier molecular flexibility index (Phi) is 6.60. The van der Waals surface area contributed by atoms with Crippen molar-refractivity contribution in [3.05, 3.63) is 70.8 Å². The van der Waals surface area contributed by atoms with Crippen molar-refractivity contribution in [2.45, 2.75) is 20.1 Å². The molecule has 0 aliphatic carbocycles. The van der Waals surface area contributed by atoms with E-state index in [1.54, 1.807) is 36.0 Å². The lowest BCUT2D eigenvalue weighted by atomic mass is 10.2. The van der Waals surface area contributed by atoms with Gasteiger partial charge in [-0.3, -0.25) is 4.68 Å². The van der Waals surface area contributed by atoms with Gasteiger partial charge < -0.3 is 15.4 Å². The molecule has 2 aromatic carbocycles. The maximum Gasteiger partial charge on any atom is 0.387 e. The van der Waals surface area contributed by atoms with Gasteiger partial charge in [-0.15, -0.1) is 0 Å². The van der Waals surface area contributed by atoms with Crippen molar-refractivity contribution in [3.8, 4) is 5.75 Å². The summed E-state index contributed by atoms with van der Waals surface area (Å²) in [5.41, 5.74) is 2.35. The SMILES string of the molecule is Cc1ccc(NC(=S)Nc2cnn(Cc3ccc(F)cc3Cl)c2)c(OC(F)F)c1. The molecule has 0 saturated carbocycles. The summed E-state index contributed by atoms with van der Waals surface area (Å²) in [4.78, 5) is 0. The Balaban J connectivity index is 1.65. The normalized spacial score (nSPS) is 10.8. The zero-order valence-corrected chi connectivity index (χ0v) is 16.7. The Labute approximate surface area is 175 Å². The van der Waals surface area contributed by atoms with Crippen LogP contribution in [0.1, 0.15) is 11.1 Å². The van der Waals surface area contributed by atoms with Crippen molar-refractivity contribution >= 4 is 40.3 Å². The standard InChI is InChI=1S/C19H16ClF3N4OS/c1-11-2-5-16(17(6-11)28-18(22)23)26-19(29)25-14-8-24-27(10-14)9-12-3-4-13(21)7-15(12)20/h2-8,10,18H,9H2,1H3,(H2,25,26,29). The highest BCUT2D eigenvalue weighted by molar-refractivity contribution is 7.80. The summed E-state index contributed by atoms with van der Waals surface area (Å²) in [6.45, 7) is -0.846. The van der Waals surface area contributed by atoms with Crippen molar-refractivity contribution in [1.82, 2.24) is 9.78 Å². The molecule has 0 aliphatic heterocycles. The highest BCUT2D eigenvalue weighted by Crippen LogP contribution is 2.27. The molecule has 3 aromatic rings. The van der Waals surface area contributed by atoms with E-state index in [0.717, 1.165) is 5.56 Å². The number of benzene rings is 2. The number of halogens is 4. The molecule has 5 nitrogen and oxygen atoms in total. The van der Waals surface area contributed by atoms with Gasteiger partial charge in [0.2, 0.25) is 0 Å². The second-order valence-corrected chi connectivity index (χ2v) is 6.94. The molecule has 0 bridgehead atoms. The number of hydrogen-bond acceptors (Lipinski definition) is 3. The van der Waals surface area contributed by atoms with Gasteiger partial charge in [-0.2, -0.15) is 13.9 Å². The van der Waals surface area contributed by atoms with E-state index >= 15 is 0 Å². The van der Waals surface area contributed by atoms with Gasteiger partial charge in [-0.25, -0.2) is 4.39 Å². The van der Waals surface area contributed by atoms with Crippen molar-refractivity contribution in [3.63, 3.8) is 0 Å². The second kappa shape index (κ2) is 9.15. The van der Waals surface area contributed by atoms with E-state index in [2.05, 4.69) is 20.5 Å². The van der Waals surface area contributed by atoms with Gasteiger partial charge in [0, 0.05) is 11.2 Å². The Bertz CT molecular complexity index is 1030. The minimum absolute atomic E-state index is 0.00852. The molecule has 0 radical (unpaired) electrons. The van der Waals surface area contributed by atoms with Crippen LogP contribution in [0.5, 0.6) is 5.75 Å². The molecule has 0 atom stereocenters. The number of nitrogens with one attached hydrogen (secondary N) is 2. The number of aryl methyl sites for hydroxylation is 1. The smallest absolute Gasteiger partial charge is 0.387 e. The number of hydrogen-bond donors (Lipinski definition) is 2. The summed E-state index contributed by atoms with van der Waals surface area (Å²) in [5, 5.41) is 10.4. The van der Waals surface area contributed by atoms with Crippen LogP contribution in [0.25, 0.3) is 0 Å². The van der Waals surface area contributed by atoms with Crippen LogP contribution in [0.15, 0.2) is 48.8 Å². The third-order valence-corrected chi connectivity index (χ3v) is 4.40. The summed E-state index contributed by atoms with van der Waals surface area (Å²) >= 11 is 11.3. The number of alkyl halides is 2. The zero-order valence-electron chi connectivity index (χ0n) is 15.1. The lowest BCUT2D eigenvalue weighted by Gasteiger charge is -2.14. The van der Waals surface area contributed by atoms with E-state index in [-0.39, 0.29) is 10.9 Å². The maximum atomic E-state index is 13.1. The van der Waals surface area contributed by atoms with Crippen LogP contribution in [0, 0.1) is 12.7 Å². The average Bonchev–Trinajstić information content (AvgIpc) is 3.06. The first-order valence-corrected chi connectivity index (χ1v) is 9.18. The van der Waals surface area contributed by atoms with Crippen LogP contribution >= 0.6 is 23.8 Å². The van der Waals surface area contributed by atoms with Gasteiger partial charge in [0.1, 0.15) is 11.6 Å². The first kappa shape index (κ1) is 20.9. The van der Waals surface area contributed by atoms with E-state index in [1.807, 2.05) is 0 Å². The Morgan fingerprint density at radius 3 is 2.76 bits per heavy atom. The van der Waals surface area contributed by atoms with Gasteiger partial charge in [-0.1, -0.05) is 23.7 Å². The minimum Gasteiger partial charge on any atom is -0.433 e. The van der Waals surface area contributed by atoms with Crippen LogP contribution in [0.3, 0.4) is 0 Å². The van der Waals surface area contributed by atoms with Gasteiger partial charge in [0.25, 0.3) is 0 Å². The van der Waals surface area contributed by atoms with E-state index in [0.29, 0.717) is 28.5 Å².